The minimum Gasteiger partial charge on any atom is -0.115 e. The highest BCUT2D eigenvalue weighted by atomic mass is 14.0. The van der Waals surface area contributed by atoms with E-state index in [-0.39, 0.29) is 0 Å². The van der Waals surface area contributed by atoms with Gasteiger partial charge in [-0.2, -0.15) is 0 Å². The topological polar surface area (TPSA) is 0 Å². The Balaban J connectivity index is 2.35. The van der Waals surface area contributed by atoms with Crippen molar-refractivity contribution in [2.75, 3.05) is 0 Å². The van der Waals surface area contributed by atoms with E-state index in [0.29, 0.717) is 0 Å². The Morgan fingerprint density at radius 1 is 0.500 bits per heavy atom. The molecule has 0 spiro atoms. The Bertz CT molecular complexity index is 785. The summed E-state index contributed by atoms with van der Waals surface area (Å²) in [5.74, 6) is 13.8. The quantitative estimate of drug-likeness (QED) is 0.630. The number of terminal acetylenes is 3. The molecule has 0 saturated heterocycles. The Hall–Kier alpha value is -3.32. The lowest BCUT2D eigenvalue weighted by Crippen LogP contribution is -1.84. The first-order valence-electron chi connectivity index (χ1n) is 5.92. The van der Waals surface area contributed by atoms with Crippen LogP contribution in [0.1, 0.15) is 27.8 Å². The minimum absolute atomic E-state index is 0.729. The van der Waals surface area contributed by atoms with Gasteiger partial charge >= 0.3 is 0 Å². The average Bonchev–Trinajstić information content (AvgIpc) is 2.53. The molecule has 0 aromatic heterocycles. The van der Waals surface area contributed by atoms with E-state index < -0.39 is 0 Å². The second-order valence-corrected chi connectivity index (χ2v) is 4.06. The number of benzene rings is 2. The second kappa shape index (κ2) is 6.03. The van der Waals surface area contributed by atoms with Gasteiger partial charge in [0.15, 0.2) is 0 Å². The molecule has 0 amide bonds. The first kappa shape index (κ1) is 13.1. The molecular weight excluding hydrogens is 240 g/mol. The zero-order chi connectivity index (χ0) is 14.4. The van der Waals surface area contributed by atoms with Gasteiger partial charge in [-0.15, -0.1) is 19.3 Å². The molecule has 0 saturated carbocycles. The Kier molecular flexibility index (Phi) is 3.95. The SMILES string of the molecule is C#Cc1ccc(C#Cc2cc(C#C)cc(C#C)c2)cc1. The van der Waals surface area contributed by atoms with Crippen LogP contribution in [0.2, 0.25) is 0 Å². The van der Waals surface area contributed by atoms with Crippen LogP contribution in [0.3, 0.4) is 0 Å². The maximum atomic E-state index is 5.40. The molecule has 0 aliphatic heterocycles. The fourth-order valence-corrected chi connectivity index (χ4v) is 1.66. The van der Waals surface area contributed by atoms with Crippen molar-refractivity contribution in [3.63, 3.8) is 0 Å². The molecule has 0 radical (unpaired) electrons. The van der Waals surface area contributed by atoms with Gasteiger partial charge < -0.3 is 0 Å². The molecular formula is C20H10. The largest absolute Gasteiger partial charge is 0.115 e. The highest BCUT2D eigenvalue weighted by Gasteiger charge is 1.95. The minimum atomic E-state index is 0.729. The van der Waals surface area contributed by atoms with Crippen molar-refractivity contribution in [3.05, 3.63) is 70.3 Å². The van der Waals surface area contributed by atoms with E-state index in [1.54, 1.807) is 6.07 Å². The van der Waals surface area contributed by atoms with Gasteiger partial charge in [0, 0.05) is 27.8 Å². The Morgan fingerprint density at radius 2 is 0.900 bits per heavy atom. The van der Waals surface area contributed by atoms with Crippen molar-refractivity contribution in [2.45, 2.75) is 0 Å². The molecule has 2 rings (SSSR count). The third-order valence-corrected chi connectivity index (χ3v) is 2.67. The van der Waals surface area contributed by atoms with Crippen LogP contribution < -0.4 is 0 Å². The third-order valence-electron chi connectivity index (χ3n) is 2.67. The summed E-state index contributed by atoms with van der Waals surface area (Å²) in [6.07, 6.45) is 16.1. The number of rotatable bonds is 0. The Morgan fingerprint density at radius 3 is 1.40 bits per heavy atom. The van der Waals surface area contributed by atoms with E-state index in [0.717, 1.165) is 27.8 Å². The lowest BCUT2D eigenvalue weighted by Gasteiger charge is -1.96. The number of hydrogen-bond donors (Lipinski definition) is 0. The lowest BCUT2D eigenvalue weighted by atomic mass is 10.1. The fraction of sp³-hybridized carbons (Fsp3) is 0. The molecule has 0 atom stereocenters. The van der Waals surface area contributed by atoms with Crippen molar-refractivity contribution < 1.29 is 0 Å². The second-order valence-electron chi connectivity index (χ2n) is 4.06. The maximum Gasteiger partial charge on any atom is 0.0273 e. The summed E-state index contributed by atoms with van der Waals surface area (Å²) >= 11 is 0. The molecule has 0 nitrogen and oxygen atoms in total. The number of hydrogen-bond acceptors (Lipinski definition) is 0. The van der Waals surface area contributed by atoms with Crippen LogP contribution in [0, 0.1) is 48.9 Å². The average molecular weight is 250 g/mol. The summed E-state index contributed by atoms with van der Waals surface area (Å²) < 4.78 is 0. The summed E-state index contributed by atoms with van der Waals surface area (Å²) in [6, 6.07) is 12.9. The highest BCUT2D eigenvalue weighted by molar-refractivity contribution is 5.52. The van der Waals surface area contributed by atoms with Crippen LogP contribution in [0.15, 0.2) is 42.5 Å². The van der Waals surface area contributed by atoms with Crippen molar-refractivity contribution in [1.82, 2.24) is 0 Å². The van der Waals surface area contributed by atoms with Crippen LogP contribution in [-0.4, -0.2) is 0 Å². The van der Waals surface area contributed by atoms with Gasteiger partial charge in [0.2, 0.25) is 0 Å². The van der Waals surface area contributed by atoms with E-state index in [1.165, 1.54) is 0 Å². The van der Waals surface area contributed by atoms with Crippen LogP contribution in [0.5, 0.6) is 0 Å². The molecule has 0 heteroatoms. The van der Waals surface area contributed by atoms with Gasteiger partial charge in [0.25, 0.3) is 0 Å². The van der Waals surface area contributed by atoms with E-state index in [9.17, 15) is 0 Å². The predicted octanol–water partition coefficient (Wildman–Crippen LogP) is 3.03. The van der Waals surface area contributed by atoms with Crippen LogP contribution in [-0.2, 0) is 0 Å². The molecule has 20 heavy (non-hydrogen) atoms. The van der Waals surface area contributed by atoms with Crippen molar-refractivity contribution >= 4 is 0 Å². The zero-order valence-corrected chi connectivity index (χ0v) is 10.8. The standard InChI is InChI=1S/C20H10/c1-4-16-7-9-19(10-8-16)11-12-20-14-17(5-2)13-18(6-3)15-20/h1-3,7-10,13-15H. The van der Waals surface area contributed by atoms with Gasteiger partial charge in [0.05, 0.1) is 0 Å². The lowest BCUT2D eigenvalue weighted by molar-refractivity contribution is 1.55. The predicted molar refractivity (Wildman–Crippen MR) is 82.7 cm³/mol. The first-order valence-corrected chi connectivity index (χ1v) is 5.92. The molecule has 0 aliphatic carbocycles. The maximum absolute atomic E-state index is 5.40. The summed E-state index contributed by atoms with van der Waals surface area (Å²) in [7, 11) is 0. The first-order chi connectivity index (χ1) is 9.75. The molecule has 0 aliphatic rings. The molecule has 0 unspecified atom stereocenters. The van der Waals surface area contributed by atoms with Gasteiger partial charge in [-0.1, -0.05) is 29.6 Å². The molecule has 90 valence electrons. The molecule has 0 fully saturated rings. The fourth-order valence-electron chi connectivity index (χ4n) is 1.66. The molecule has 0 bridgehead atoms. The molecule has 0 heterocycles. The highest BCUT2D eigenvalue weighted by Crippen LogP contribution is 2.09. The monoisotopic (exact) mass is 250 g/mol. The van der Waals surface area contributed by atoms with E-state index >= 15 is 0 Å². The summed E-state index contributed by atoms with van der Waals surface area (Å²) in [4.78, 5) is 0. The van der Waals surface area contributed by atoms with Crippen LogP contribution in [0.25, 0.3) is 0 Å². The van der Waals surface area contributed by atoms with Crippen molar-refractivity contribution in [3.8, 4) is 48.9 Å². The van der Waals surface area contributed by atoms with Gasteiger partial charge in [-0.05, 0) is 42.5 Å². The Labute approximate surface area is 119 Å². The summed E-state index contributed by atoms with van der Waals surface area (Å²) in [5.41, 5.74) is 3.98. The summed E-state index contributed by atoms with van der Waals surface area (Å²) in [6.45, 7) is 0. The van der Waals surface area contributed by atoms with Crippen LogP contribution in [0.4, 0.5) is 0 Å². The zero-order valence-electron chi connectivity index (χ0n) is 10.8. The third kappa shape index (κ3) is 3.12. The van der Waals surface area contributed by atoms with Gasteiger partial charge in [0.1, 0.15) is 0 Å². The van der Waals surface area contributed by atoms with Crippen molar-refractivity contribution in [1.29, 1.82) is 0 Å². The normalized spacial score (nSPS) is 8.45. The van der Waals surface area contributed by atoms with Crippen LogP contribution >= 0.6 is 0 Å². The molecule has 2 aromatic rings. The molecule has 0 N–H and O–H groups in total. The van der Waals surface area contributed by atoms with Crippen molar-refractivity contribution in [2.24, 2.45) is 0 Å². The smallest absolute Gasteiger partial charge is 0.0273 e. The van der Waals surface area contributed by atoms with E-state index in [1.807, 2.05) is 36.4 Å². The van der Waals surface area contributed by atoms with E-state index in [4.69, 9.17) is 19.3 Å². The molecule has 2 aromatic carbocycles. The summed E-state index contributed by atoms with van der Waals surface area (Å²) in [5, 5.41) is 0. The van der Waals surface area contributed by atoms with E-state index in [2.05, 4.69) is 29.6 Å². The van der Waals surface area contributed by atoms with Gasteiger partial charge in [-0.25, -0.2) is 0 Å². The van der Waals surface area contributed by atoms with Gasteiger partial charge in [-0.3, -0.25) is 0 Å².